The second-order valence-corrected chi connectivity index (χ2v) is 8.76. The quantitative estimate of drug-likeness (QED) is 0.336. The number of amides is 2. The summed E-state index contributed by atoms with van der Waals surface area (Å²) in [7, 11) is 3.12. The molecule has 188 valence electrons. The van der Waals surface area contributed by atoms with Crippen molar-refractivity contribution in [2.45, 2.75) is 12.3 Å². The van der Waals surface area contributed by atoms with Crippen molar-refractivity contribution in [2.24, 2.45) is 11.1 Å². The molecular weight excluding hydrogens is 477 g/mol. The van der Waals surface area contributed by atoms with Gasteiger partial charge in [0.15, 0.2) is 11.5 Å². The Kier molecular flexibility index (Phi) is 6.12. The van der Waals surface area contributed by atoms with Gasteiger partial charge in [-0.3, -0.25) is 14.6 Å². The van der Waals surface area contributed by atoms with Crippen LogP contribution in [0.1, 0.15) is 17.9 Å². The Morgan fingerprint density at radius 3 is 2.30 bits per heavy atom. The summed E-state index contributed by atoms with van der Waals surface area (Å²) >= 11 is 0. The van der Waals surface area contributed by atoms with Crippen molar-refractivity contribution >= 4 is 28.4 Å². The van der Waals surface area contributed by atoms with Gasteiger partial charge < -0.3 is 25.3 Å². The van der Waals surface area contributed by atoms with Crippen molar-refractivity contribution in [1.82, 2.24) is 4.98 Å². The van der Waals surface area contributed by atoms with E-state index >= 15 is 0 Å². The van der Waals surface area contributed by atoms with Gasteiger partial charge in [-0.25, -0.2) is 4.39 Å². The zero-order chi connectivity index (χ0) is 26.2. The van der Waals surface area contributed by atoms with Crippen molar-refractivity contribution in [1.29, 1.82) is 0 Å². The molecule has 0 saturated heterocycles. The van der Waals surface area contributed by atoms with Gasteiger partial charge in [-0.2, -0.15) is 0 Å². The zero-order valence-electron chi connectivity index (χ0n) is 20.2. The number of fused-ring (bicyclic) bond motifs is 1. The molecule has 0 spiro atoms. The Balaban J connectivity index is 1.35. The zero-order valence-corrected chi connectivity index (χ0v) is 20.2. The van der Waals surface area contributed by atoms with Crippen LogP contribution in [0.4, 0.5) is 10.1 Å². The fraction of sp³-hybridized carbons (Fsp3) is 0.179. The van der Waals surface area contributed by atoms with Crippen LogP contribution in [0.25, 0.3) is 10.9 Å². The second-order valence-electron chi connectivity index (χ2n) is 8.76. The summed E-state index contributed by atoms with van der Waals surface area (Å²) in [6, 6.07) is 17.8. The molecule has 0 bridgehead atoms. The topological polar surface area (TPSA) is 113 Å². The van der Waals surface area contributed by atoms with Crippen molar-refractivity contribution in [3.63, 3.8) is 0 Å². The smallest absolute Gasteiger partial charge is 0.240 e. The maximum absolute atomic E-state index is 13.2. The first kappa shape index (κ1) is 24.1. The van der Waals surface area contributed by atoms with E-state index in [-0.39, 0.29) is 12.3 Å². The Hall–Kier alpha value is -4.66. The van der Waals surface area contributed by atoms with E-state index in [0.29, 0.717) is 34.2 Å². The van der Waals surface area contributed by atoms with Gasteiger partial charge in [-0.05, 0) is 60.5 Å². The highest BCUT2D eigenvalue weighted by Gasteiger charge is 2.65. The first-order chi connectivity index (χ1) is 17.8. The molecular formula is C28H24FN3O5. The largest absolute Gasteiger partial charge is 0.493 e. The number of anilines is 1. The molecule has 0 aliphatic heterocycles. The van der Waals surface area contributed by atoms with Gasteiger partial charge in [0.25, 0.3) is 0 Å². The summed E-state index contributed by atoms with van der Waals surface area (Å²) in [5.41, 5.74) is 6.15. The summed E-state index contributed by atoms with van der Waals surface area (Å²) in [6.45, 7) is 0. The minimum atomic E-state index is -1.37. The molecule has 1 heterocycles. The number of primary amides is 1. The molecule has 3 N–H and O–H groups in total. The van der Waals surface area contributed by atoms with E-state index in [0.717, 1.165) is 10.9 Å². The number of benzene rings is 3. The number of halogens is 1. The standard InChI is InChI=1S/C28H24FN3O5/c1-35-24-13-20-22(14-25(24)36-2)31-12-11-23(20)37-19-9-3-16(4-10-19)21-15-28(21,26(30)33)27(34)32-18-7-5-17(29)6-8-18/h3-14,21H,15H2,1-2H3,(H2,30,33)(H,32,34). The molecule has 1 aliphatic rings. The molecule has 1 aliphatic carbocycles. The van der Waals surface area contributed by atoms with Crippen molar-refractivity contribution in [2.75, 3.05) is 19.5 Å². The van der Waals surface area contributed by atoms with Crippen LogP contribution in [0.15, 0.2) is 72.9 Å². The number of hydrogen-bond acceptors (Lipinski definition) is 6. The molecule has 5 rings (SSSR count). The Labute approximate surface area is 212 Å². The molecule has 8 nitrogen and oxygen atoms in total. The SMILES string of the molecule is COc1cc2nccc(Oc3ccc(C4CC4(C(N)=O)C(=O)Nc4ccc(F)cc4)cc3)c2cc1OC. The number of aromatic nitrogens is 1. The molecule has 9 heteroatoms. The molecule has 2 atom stereocenters. The number of nitrogens with one attached hydrogen (secondary N) is 1. The Morgan fingerprint density at radius 2 is 1.65 bits per heavy atom. The number of pyridine rings is 1. The highest BCUT2D eigenvalue weighted by atomic mass is 19.1. The molecule has 1 fully saturated rings. The lowest BCUT2D eigenvalue weighted by atomic mass is 9.97. The van der Waals surface area contributed by atoms with Gasteiger partial charge in [0.1, 0.15) is 22.7 Å². The third-order valence-electron chi connectivity index (χ3n) is 6.62. The Bertz CT molecular complexity index is 1490. The molecule has 0 radical (unpaired) electrons. The van der Waals surface area contributed by atoms with E-state index in [1.54, 1.807) is 50.7 Å². The number of carbonyl (C=O) groups excluding carboxylic acids is 2. The average molecular weight is 502 g/mol. The number of ether oxygens (including phenoxy) is 3. The highest BCUT2D eigenvalue weighted by molar-refractivity contribution is 6.14. The lowest BCUT2D eigenvalue weighted by Crippen LogP contribution is -2.37. The first-order valence-electron chi connectivity index (χ1n) is 11.5. The van der Waals surface area contributed by atoms with Crippen LogP contribution >= 0.6 is 0 Å². The second kappa shape index (κ2) is 9.42. The summed E-state index contributed by atoms with van der Waals surface area (Å²) in [6.07, 6.45) is 1.93. The number of carbonyl (C=O) groups is 2. The van der Waals surface area contributed by atoms with E-state index in [1.165, 1.54) is 24.3 Å². The van der Waals surface area contributed by atoms with E-state index in [1.807, 2.05) is 12.1 Å². The predicted molar refractivity (Wildman–Crippen MR) is 135 cm³/mol. The van der Waals surface area contributed by atoms with E-state index in [9.17, 15) is 14.0 Å². The monoisotopic (exact) mass is 501 g/mol. The van der Waals surface area contributed by atoms with E-state index in [4.69, 9.17) is 19.9 Å². The fourth-order valence-corrected chi connectivity index (χ4v) is 4.51. The highest BCUT2D eigenvalue weighted by Crippen LogP contribution is 2.60. The summed E-state index contributed by atoms with van der Waals surface area (Å²) < 4.78 is 30.1. The minimum absolute atomic E-state index is 0.284. The van der Waals surface area contributed by atoms with Crippen molar-refractivity contribution in [3.05, 3.63) is 84.3 Å². The fourth-order valence-electron chi connectivity index (χ4n) is 4.51. The predicted octanol–water partition coefficient (Wildman–Crippen LogP) is 4.78. The van der Waals surface area contributed by atoms with Crippen LogP contribution in [-0.2, 0) is 9.59 Å². The summed E-state index contributed by atoms with van der Waals surface area (Å²) in [4.78, 5) is 29.7. The van der Waals surface area contributed by atoms with Crippen molar-refractivity contribution in [3.8, 4) is 23.0 Å². The lowest BCUT2D eigenvalue weighted by molar-refractivity contribution is -0.132. The lowest BCUT2D eigenvalue weighted by Gasteiger charge is -2.15. The van der Waals surface area contributed by atoms with E-state index < -0.39 is 23.0 Å². The maximum Gasteiger partial charge on any atom is 0.240 e. The van der Waals surface area contributed by atoms with Gasteiger partial charge >= 0.3 is 0 Å². The first-order valence-corrected chi connectivity index (χ1v) is 11.5. The molecule has 3 aromatic carbocycles. The molecule has 4 aromatic rings. The van der Waals surface area contributed by atoms with Crippen LogP contribution in [0.2, 0.25) is 0 Å². The molecule has 1 saturated carbocycles. The number of rotatable bonds is 8. The summed E-state index contributed by atoms with van der Waals surface area (Å²) in [5, 5.41) is 3.42. The van der Waals surface area contributed by atoms with Crippen LogP contribution < -0.4 is 25.3 Å². The van der Waals surface area contributed by atoms with Gasteiger partial charge in [-0.1, -0.05) is 12.1 Å². The Morgan fingerprint density at radius 1 is 0.973 bits per heavy atom. The molecule has 1 aromatic heterocycles. The van der Waals surface area contributed by atoms with Crippen LogP contribution in [-0.4, -0.2) is 31.0 Å². The van der Waals surface area contributed by atoms with Crippen LogP contribution in [0, 0.1) is 11.2 Å². The number of nitrogens with zero attached hydrogens (tertiary/aromatic N) is 1. The van der Waals surface area contributed by atoms with E-state index in [2.05, 4.69) is 10.3 Å². The maximum atomic E-state index is 13.2. The van der Waals surface area contributed by atoms with Crippen LogP contribution in [0.3, 0.4) is 0 Å². The number of methoxy groups -OCH3 is 2. The molecule has 37 heavy (non-hydrogen) atoms. The van der Waals surface area contributed by atoms with Gasteiger partial charge in [0, 0.05) is 29.3 Å². The van der Waals surface area contributed by atoms with Gasteiger partial charge in [0.05, 0.1) is 19.7 Å². The summed E-state index contributed by atoms with van der Waals surface area (Å²) in [5.74, 6) is 0.247. The third-order valence-corrected chi connectivity index (χ3v) is 6.62. The van der Waals surface area contributed by atoms with Gasteiger partial charge in [0.2, 0.25) is 11.8 Å². The van der Waals surface area contributed by atoms with Crippen LogP contribution in [0.5, 0.6) is 23.0 Å². The minimum Gasteiger partial charge on any atom is -0.493 e. The number of nitrogens with two attached hydrogens (primary N) is 1. The third kappa shape index (κ3) is 4.40. The van der Waals surface area contributed by atoms with Crippen molar-refractivity contribution < 1.29 is 28.2 Å². The van der Waals surface area contributed by atoms with Gasteiger partial charge in [-0.15, -0.1) is 0 Å². The molecule has 2 unspecified atom stereocenters. The average Bonchev–Trinajstić information content (AvgIpc) is 3.67. The molecule has 2 amide bonds. The number of hydrogen-bond donors (Lipinski definition) is 2. The normalized spacial score (nSPS) is 18.2.